The van der Waals surface area contributed by atoms with Gasteiger partial charge in [0.25, 0.3) is 0 Å². The lowest BCUT2D eigenvalue weighted by Gasteiger charge is -2.11. The van der Waals surface area contributed by atoms with Gasteiger partial charge in [-0.1, -0.05) is 6.92 Å². The molecule has 0 spiro atoms. The molecule has 0 aliphatic rings. The third kappa shape index (κ3) is 4.30. The van der Waals surface area contributed by atoms with Crippen LogP contribution in [0.25, 0.3) is 0 Å². The van der Waals surface area contributed by atoms with E-state index in [4.69, 9.17) is 4.74 Å². The van der Waals surface area contributed by atoms with Crippen LogP contribution < -0.4 is 10.1 Å². The van der Waals surface area contributed by atoms with Crippen LogP contribution in [0.15, 0.2) is 18.5 Å². The lowest BCUT2D eigenvalue weighted by Crippen LogP contribution is -2.25. The molecule has 0 bridgehead atoms. The first kappa shape index (κ1) is 12.0. The Morgan fingerprint density at radius 3 is 2.93 bits per heavy atom. The number of pyridine rings is 1. The maximum absolute atomic E-state index is 5.13. The van der Waals surface area contributed by atoms with E-state index >= 15 is 0 Å². The second-order valence-corrected chi connectivity index (χ2v) is 3.73. The summed E-state index contributed by atoms with van der Waals surface area (Å²) in [5, 5.41) is 3.39. The van der Waals surface area contributed by atoms with Crippen molar-refractivity contribution >= 4 is 0 Å². The second-order valence-electron chi connectivity index (χ2n) is 3.73. The van der Waals surface area contributed by atoms with Crippen LogP contribution in [0.2, 0.25) is 0 Å². The highest BCUT2D eigenvalue weighted by Crippen LogP contribution is 2.12. The van der Waals surface area contributed by atoms with Crippen molar-refractivity contribution in [3.8, 4) is 5.75 Å². The van der Waals surface area contributed by atoms with Crippen LogP contribution >= 0.6 is 0 Å². The van der Waals surface area contributed by atoms with E-state index in [9.17, 15) is 0 Å². The highest BCUT2D eigenvalue weighted by atomic mass is 16.5. The first-order chi connectivity index (χ1) is 7.26. The van der Waals surface area contributed by atoms with E-state index in [1.165, 1.54) is 5.56 Å². The first-order valence-electron chi connectivity index (χ1n) is 5.47. The van der Waals surface area contributed by atoms with Gasteiger partial charge in [-0.2, -0.15) is 0 Å². The fourth-order valence-electron chi connectivity index (χ4n) is 1.55. The summed E-state index contributed by atoms with van der Waals surface area (Å²) >= 11 is 0. The molecular weight excluding hydrogens is 188 g/mol. The summed E-state index contributed by atoms with van der Waals surface area (Å²) in [6, 6.07) is 2.60. The number of nitrogens with one attached hydrogen (secondary N) is 1. The molecule has 1 N–H and O–H groups in total. The number of hydrogen-bond acceptors (Lipinski definition) is 3. The minimum Gasteiger partial charge on any atom is -0.495 e. The van der Waals surface area contributed by atoms with Crippen LogP contribution in [0, 0.1) is 0 Å². The molecule has 0 aromatic carbocycles. The molecule has 0 fully saturated rings. The lowest BCUT2D eigenvalue weighted by atomic mass is 10.1. The van der Waals surface area contributed by atoms with E-state index in [-0.39, 0.29) is 0 Å². The molecule has 1 unspecified atom stereocenters. The zero-order chi connectivity index (χ0) is 11.1. The quantitative estimate of drug-likeness (QED) is 0.776. The summed E-state index contributed by atoms with van der Waals surface area (Å²) in [6.45, 7) is 5.36. The van der Waals surface area contributed by atoms with Crippen molar-refractivity contribution in [3.63, 3.8) is 0 Å². The van der Waals surface area contributed by atoms with Gasteiger partial charge >= 0.3 is 0 Å². The molecule has 0 saturated heterocycles. The van der Waals surface area contributed by atoms with Crippen molar-refractivity contribution in [2.24, 2.45) is 0 Å². The van der Waals surface area contributed by atoms with E-state index in [1.54, 1.807) is 13.3 Å². The Morgan fingerprint density at radius 1 is 1.47 bits per heavy atom. The third-order valence-electron chi connectivity index (χ3n) is 2.42. The Morgan fingerprint density at radius 2 is 2.27 bits per heavy atom. The molecule has 3 heteroatoms. The van der Waals surface area contributed by atoms with Crippen molar-refractivity contribution in [3.05, 3.63) is 24.0 Å². The molecule has 0 aliphatic carbocycles. The molecule has 1 atom stereocenters. The van der Waals surface area contributed by atoms with Crippen molar-refractivity contribution in [2.75, 3.05) is 13.7 Å². The predicted octanol–water partition coefficient (Wildman–Crippen LogP) is 2.02. The topological polar surface area (TPSA) is 34.2 Å². The largest absolute Gasteiger partial charge is 0.495 e. The number of hydrogen-bond donors (Lipinski definition) is 1. The normalized spacial score (nSPS) is 12.5. The summed E-state index contributed by atoms with van der Waals surface area (Å²) in [5.74, 6) is 0.837. The van der Waals surface area contributed by atoms with Crippen LogP contribution in [0.4, 0.5) is 0 Å². The molecule has 1 heterocycles. The van der Waals surface area contributed by atoms with Gasteiger partial charge in [0.15, 0.2) is 0 Å². The van der Waals surface area contributed by atoms with E-state index in [2.05, 4.69) is 24.1 Å². The molecule has 1 rings (SSSR count). The van der Waals surface area contributed by atoms with Crippen LogP contribution in [0.5, 0.6) is 5.75 Å². The summed E-state index contributed by atoms with van der Waals surface area (Å²) in [4.78, 5) is 4.13. The Kier molecular flexibility index (Phi) is 5.12. The fourth-order valence-corrected chi connectivity index (χ4v) is 1.55. The average molecular weight is 208 g/mol. The fraction of sp³-hybridized carbons (Fsp3) is 0.583. The van der Waals surface area contributed by atoms with Gasteiger partial charge in [0.2, 0.25) is 0 Å². The maximum atomic E-state index is 5.13. The highest BCUT2D eigenvalue weighted by molar-refractivity contribution is 5.23. The van der Waals surface area contributed by atoms with Gasteiger partial charge in [0.05, 0.1) is 13.3 Å². The van der Waals surface area contributed by atoms with Gasteiger partial charge < -0.3 is 10.1 Å². The van der Waals surface area contributed by atoms with Gasteiger partial charge in [0.1, 0.15) is 5.75 Å². The molecular formula is C12H20N2O. The standard InChI is InChI=1S/C12H20N2O/c1-4-14-10(2)5-6-11-7-12(15-3)9-13-8-11/h7-10,14H,4-6H2,1-3H3. The monoisotopic (exact) mass is 208 g/mol. The Bertz CT molecular complexity index is 289. The number of ether oxygens (including phenoxy) is 1. The smallest absolute Gasteiger partial charge is 0.137 e. The summed E-state index contributed by atoms with van der Waals surface area (Å²) in [5.41, 5.74) is 1.24. The van der Waals surface area contributed by atoms with Crippen molar-refractivity contribution in [1.82, 2.24) is 10.3 Å². The molecule has 1 aromatic rings. The van der Waals surface area contributed by atoms with Crippen molar-refractivity contribution in [2.45, 2.75) is 32.7 Å². The minimum absolute atomic E-state index is 0.557. The van der Waals surface area contributed by atoms with Crippen molar-refractivity contribution in [1.29, 1.82) is 0 Å². The Hall–Kier alpha value is -1.09. The molecule has 0 aliphatic heterocycles. The molecule has 0 amide bonds. The first-order valence-corrected chi connectivity index (χ1v) is 5.47. The predicted molar refractivity (Wildman–Crippen MR) is 62.2 cm³/mol. The molecule has 84 valence electrons. The SMILES string of the molecule is CCNC(C)CCc1cncc(OC)c1. The number of nitrogens with zero attached hydrogens (tertiary/aromatic N) is 1. The van der Waals surface area contributed by atoms with E-state index in [0.29, 0.717) is 6.04 Å². The molecule has 15 heavy (non-hydrogen) atoms. The van der Waals surface area contributed by atoms with Crippen LogP contribution in [0.3, 0.4) is 0 Å². The second kappa shape index (κ2) is 6.40. The zero-order valence-corrected chi connectivity index (χ0v) is 9.79. The molecule has 0 radical (unpaired) electrons. The molecule has 1 aromatic heterocycles. The van der Waals surface area contributed by atoms with Crippen LogP contribution in [-0.2, 0) is 6.42 Å². The number of aryl methyl sites for hydroxylation is 1. The number of methoxy groups -OCH3 is 1. The molecule has 0 saturated carbocycles. The van der Waals surface area contributed by atoms with Crippen molar-refractivity contribution < 1.29 is 4.74 Å². The van der Waals surface area contributed by atoms with Gasteiger partial charge in [-0.3, -0.25) is 4.98 Å². The molecule has 3 nitrogen and oxygen atoms in total. The van der Waals surface area contributed by atoms with E-state index in [1.807, 2.05) is 12.3 Å². The Balaban J connectivity index is 2.43. The third-order valence-corrected chi connectivity index (χ3v) is 2.42. The summed E-state index contributed by atoms with van der Waals surface area (Å²) in [6.07, 6.45) is 5.81. The Labute approximate surface area is 91.9 Å². The van der Waals surface area contributed by atoms with Gasteiger partial charge in [0, 0.05) is 12.2 Å². The summed E-state index contributed by atoms with van der Waals surface area (Å²) < 4.78 is 5.13. The lowest BCUT2D eigenvalue weighted by molar-refractivity contribution is 0.412. The number of rotatable bonds is 6. The number of aromatic nitrogens is 1. The van der Waals surface area contributed by atoms with Gasteiger partial charge in [-0.05, 0) is 37.9 Å². The van der Waals surface area contributed by atoms with E-state index in [0.717, 1.165) is 25.1 Å². The van der Waals surface area contributed by atoms with Crippen LogP contribution in [0.1, 0.15) is 25.8 Å². The van der Waals surface area contributed by atoms with Gasteiger partial charge in [-0.15, -0.1) is 0 Å². The van der Waals surface area contributed by atoms with Gasteiger partial charge in [-0.25, -0.2) is 0 Å². The minimum atomic E-state index is 0.557. The average Bonchev–Trinajstić information content (AvgIpc) is 2.27. The van der Waals surface area contributed by atoms with E-state index < -0.39 is 0 Å². The summed E-state index contributed by atoms with van der Waals surface area (Å²) in [7, 11) is 1.67. The maximum Gasteiger partial charge on any atom is 0.137 e. The van der Waals surface area contributed by atoms with Crippen LogP contribution in [-0.4, -0.2) is 24.7 Å². The highest BCUT2D eigenvalue weighted by Gasteiger charge is 2.01. The zero-order valence-electron chi connectivity index (χ0n) is 9.79.